The third-order valence-corrected chi connectivity index (χ3v) is 3.44. The molecule has 0 radical (unpaired) electrons. The molecule has 1 amide bonds. The summed E-state index contributed by atoms with van der Waals surface area (Å²) in [4.78, 5) is 11.6. The van der Waals surface area contributed by atoms with Crippen LogP contribution in [-0.4, -0.2) is 38.0 Å². The van der Waals surface area contributed by atoms with E-state index in [0.717, 1.165) is 5.92 Å². The molecule has 0 spiro atoms. The largest absolute Gasteiger partial charge is 0.349 e. The molecule has 0 aromatic heterocycles. The lowest BCUT2D eigenvalue weighted by atomic mass is 9.98. The summed E-state index contributed by atoms with van der Waals surface area (Å²) in [6.45, 7) is 6.07. The Hall–Kier alpha value is -1.06. The van der Waals surface area contributed by atoms with Gasteiger partial charge >= 0.3 is 0 Å². The van der Waals surface area contributed by atoms with E-state index in [9.17, 15) is 4.79 Å². The molecule has 0 bridgehead atoms. The quantitative estimate of drug-likeness (QED) is 0.910. The zero-order chi connectivity index (χ0) is 14.3. The maximum absolute atomic E-state index is 10.1. The van der Waals surface area contributed by atoms with E-state index >= 15 is 0 Å². The van der Waals surface area contributed by atoms with Crippen molar-refractivity contribution >= 4 is 18.3 Å². The van der Waals surface area contributed by atoms with Crippen molar-refractivity contribution in [2.45, 2.75) is 26.7 Å². The van der Waals surface area contributed by atoms with E-state index < -0.39 is 0 Å². The van der Waals surface area contributed by atoms with Gasteiger partial charge < -0.3 is 10.2 Å². The number of benzene rings is 1. The van der Waals surface area contributed by atoms with Crippen LogP contribution in [0, 0.1) is 12.8 Å². The van der Waals surface area contributed by atoms with Crippen LogP contribution in [0.15, 0.2) is 24.3 Å². The Morgan fingerprint density at radius 1 is 1.30 bits per heavy atom. The van der Waals surface area contributed by atoms with Gasteiger partial charge in [0, 0.05) is 21.0 Å². The lowest BCUT2D eigenvalue weighted by Gasteiger charge is -2.07. The second-order valence-electron chi connectivity index (χ2n) is 5.46. The van der Waals surface area contributed by atoms with Crippen molar-refractivity contribution in [3.63, 3.8) is 0 Å². The first kappa shape index (κ1) is 18.9. The number of nitrogens with one attached hydrogen (secondary N) is 1. The minimum absolute atomic E-state index is 0. The Morgan fingerprint density at radius 3 is 2.25 bits per heavy atom. The molecule has 1 fully saturated rings. The summed E-state index contributed by atoms with van der Waals surface area (Å²) < 4.78 is 0. The minimum Gasteiger partial charge on any atom is -0.349 e. The predicted molar refractivity (Wildman–Crippen MR) is 87.5 cm³/mol. The third kappa shape index (κ3) is 7.51. The summed E-state index contributed by atoms with van der Waals surface area (Å²) in [5.74, 6) is 0.956. The summed E-state index contributed by atoms with van der Waals surface area (Å²) in [5.41, 5.74) is 2.84. The summed E-state index contributed by atoms with van der Waals surface area (Å²) in [6.07, 6.45) is 2.58. The average molecular weight is 299 g/mol. The van der Waals surface area contributed by atoms with E-state index in [1.165, 1.54) is 48.9 Å². The molecule has 1 aromatic carbocycles. The topological polar surface area (TPSA) is 32.3 Å². The van der Waals surface area contributed by atoms with Crippen molar-refractivity contribution in [3.05, 3.63) is 35.4 Å². The van der Waals surface area contributed by atoms with Crippen LogP contribution in [0.5, 0.6) is 0 Å². The highest BCUT2D eigenvalue weighted by atomic mass is 35.5. The van der Waals surface area contributed by atoms with E-state index in [0.29, 0.717) is 0 Å². The molecule has 1 unspecified atom stereocenters. The Balaban J connectivity index is 0.000000448. The van der Waals surface area contributed by atoms with E-state index in [-0.39, 0.29) is 18.3 Å². The van der Waals surface area contributed by atoms with Gasteiger partial charge in [0.2, 0.25) is 5.91 Å². The number of carbonyl (C=O) groups is 1. The Bertz CT molecular complexity index is 384. The molecule has 1 N–H and O–H groups in total. The van der Waals surface area contributed by atoms with E-state index in [1.54, 1.807) is 14.1 Å². The van der Waals surface area contributed by atoms with E-state index in [2.05, 4.69) is 36.5 Å². The second-order valence-corrected chi connectivity index (χ2v) is 5.46. The zero-order valence-electron chi connectivity index (χ0n) is 13.0. The Kier molecular flexibility index (Phi) is 9.26. The van der Waals surface area contributed by atoms with Crippen LogP contribution in [0.4, 0.5) is 0 Å². The molecule has 1 aliphatic rings. The highest BCUT2D eigenvalue weighted by molar-refractivity contribution is 5.85. The summed E-state index contributed by atoms with van der Waals surface area (Å²) in [5, 5.41) is 3.40. The van der Waals surface area contributed by atoms with Gasteiger partial charge in [-0.25, -0.2) is 0 Å². The third-order valence-electron chi connectivity index (χ3n) is 3.44. The molecule has 1 aliphatic heterocycles. The monoisotopic (exact) mass is 298 g/mol. The first-order valence-corrected chi connectivity index (χ1v) is 6.93. The van der Waals surface area contributed by atoms with Gasteiger partial charge in [0.15, 0.2) is 0 Å². The van der Waals surface area contributed by atoms with Gasteiger partial charge in [0.25, 0.3) is 0 Å². The molecular weight excluding hydrogens is 272 g/mol. The molecule has 2 rings (SSSR count). The number of halogens is 1. The highest BCUT2D eigenvalue weighted by Gasteiger charge is 2.14. The molecule has 0 saturated carbocycles. The van der Waals surface area contributed by atoms with Crippen LogP contribution < -0.4 is 5.32 Å². The number of rotatable bonds is 2. The number of aryl methyl sites for hydroxylation is 1. The van der Waals surface area contributed by atoms with Crippen LogP contribution in [0.3, 0.4) is 0 Å². The van der Waals surface area contributed by atoms with E-state index in [4.69, 9.17) is 0 Å². The van der Waals surface area contributed by atoms with Crippen LogP contribution in [-0.2, 0) is 11.2 Å². The summed E-state index contributed by atoms with van der Waals surface area (Å²) in [6, 6.07) is 8.93. The van der Waals surface area contributed by atoms with Gasteiger partial charge in [-0.05, 0) is 44.3 Å². The Labute approximate surface area is 129 Å². The number of amides is 1. The summed E-state index contributed by atoms with van der Waals surface area (Å²) in [7, 11) is 3.45. The standard InChI is InChI=1S/C12H17N.C4H9NO.ClH/c1-10-2-4-11(5-3-10)8-12-6-7-13-9-12;1-4(6)5(2)3;/h2-5,12-13H,6-9H2,1H3;1-3H3;1H. The molecule has 3 nitrogen and oxygen atoms in total. The summed E-state index contributed by atoms with van der Waals surface area (Å²) >= 11 is 0. The lowest BCUT2D eigenvalue weighted by Crippen LogP contribution is -2.17. The van der Waals surface area contributed by atoms with Crippen LogP contribution in [0.2, 0.25) is 0 Å². The van der Waals surface area contributed by atoms with Gasteiger partial charge in [-0.1, -0.05) is 29.8 Å². The first-order chi connectivity index (χ1) is 8.99. The molecule has 1 atom stereocenters. The molecule has 0 aliphatic carbocycles. The molecule has 114 valence electrons. The fourth-order valence-corrected chi connectivity index (χ4v) is 1.95. The van der Waals surface area contributed by atoms with Gasteiger partial charge in [0.05, 0.1) is 0 Å². The van der Waals surface area contributed by atoms with Gasteiger partial charge in [-0.2, -0.15) is 0 Å². The van der Waals surface area contributed by atoms with Gasteiger partial charge in [-0.15, -0.1) is 12.4 Å². The number of carbonyl (C=O) groups excluding carboxylic acids is 1. The van der Waals surface area contributed by atoms with Crippen molar-refractivity contribution in [2.24, 2.45) is 5.92 Å². The molecule has 1 aromatic rings. The van der Waals surface area contributed by atoms with Crippen LogP contribution in [0.1, 0.15) is 24.5 Å². The maximum atomic E-state index is 10.1. The predicted octanol–water partition coefficient (Wildman–Crippen LogP) is 2.66. The normalized spacial score (nSPS) is 16.7. The Morgan fingerprint density at radius 2 is 1.85 bits per heavy atom. The van der Waals surface area contributed by atoms with Crippen LogP contribution in [0.25, 0.3) is 0 Å². The van der Waals surface area contributed by atoms with Gasteiger partial charge in [0.1, 0.15) is 0 Å². The fourth-order valence-electron chi connectivity index (χ4n) is 1.95. The number of hydrogen-bond acceptors (Lipinski definition) is 2. The number of hydrogen-bond donors (Lipinski definition) is 1. The molecule has 20 heavy (non-hydrogen) atoms. The molecule has 4 heteroatoms. The van der Waals surface area contributed by atoms with Crippen molar-refractivity contribution in [2.75, 3.05) is 27.2 Å². The SMILES string of the molecule is CC(=O)N(C)C.Cc1ccc(CC2CCNC2)cc1.Cl. The lowest BCUT2D eigenvalue weighted by molar-refractivity contribution is -0.126. The highest BCUT2D eigenvalue weighted by Crippen LogP contribution is 2.15. The van der Waals surface area contributed by atoms with Crippen LogP contribution >= 0.6 is 12.4 Å². The maximum Gasteiger partial charge on any atom is 0.218 e. The molecular formula is C16H27ClN2O. The smallest absolute Gasteiger partial charge is 0.218 e. The fraction of sp³-hybridized carbons (Fsp3) is 0.562. The van der Waals surface area contributed by atoms with Gasteiger partial charge in [-0.3, -0.25) is 4.79 Å². The minimum atomic E-state index is 0. The van der Waals surface area contributed by atoms with Crippen molar-refractivity contribution in [1.82, 2.24) is 10.2 Å². The molecule has 1 saturated heterocycles. The van der Waals surface area contributed by atoms with E-state index in [1.807, 2.05) is 0 Å². The number of nitrogens with zero attached hydrogens (tertiary/aromatic N) is 1. The second kappa shape index (κ2) is 9.78. The first-order valence-electron chi connectivity index (χ1n) is 6.93. The van der Waals surface area contributed by atoms with Crippen molar-refractivity contribution < 1.29 is 4.79 Å². The van der Waals surface area contributed by atoms with Crippen molar-refractivity contribution in [1.29, 1.82) is 0 Å². The molecule has 1 heterocycles. The average Bonchev–Trinajstić information content (AvgIpc) is 2.85. The zero-order valence-corrected chi connectivity index (χ0v) is 13.8. The van der Waals surface area contributed by atoms with Crippen molar-refractivity contribution in [3.8, 4) is 0 Å².